The van der Waals surface area contributed by atoms with Gasteiger partial charge in [0.1, 0.15) is 11.9 Å². The third-order valence-electron chi connectivity index (χ3n) is 7.44. The first kappa shape index (κ1) is 30.2. The van der Waals surface area contributed by atoms with Crippen molar-refractivity contribution in [3.05, 3.63) is 65.2 Å². The molecule has 1 unspecified atom stereocenters. The van der Waals surface area contributed by atoms with Crippen molar-refractivity contribution in [1.82, 2.24) is 15.1 Å². The Bertz CT molecular complexity index is 1250. The number of cyclic esters (lactones) is 1. The summed E-state index contributed by atoms with van der Waals surface area (Å²) in [7, 11) is 0. The lowest BCUT2D eigenvalue weighted by molar-refractivity contribution is -0.143. The number of nitrogens with zero attached hydrogens (tertiary/aromatic N) is 3. The fraction of sp³-hybridized carbons (Fsp3) is 0.484. The third-order valence-corrected chi connectivity index (χ3v) is 7.44. The molecule has 0 aliphatic carbocycles. The zero-order valence-corrected chi connectivity index (χ0v) is 24.4. The number of anilines is 1. The van der Waals surface area contributed by atoms with Crippen LogP contribution in [0.3, 0.4) is 0 Å². The fourth-order valence-corrected chi connectivity index (χ4v) is 4.99. The normalized spacial score (nSPS) is 18.2. The Labute approximate surface area is 242 Å². The van der Waals surface area contributed by atoms with Crippen molar-refractivity contribution in [2.24, 2.45) is 0 Å². The molecule has 0 saturated carbocycles. The number of amides is 2. The van der Waals surface area contributed by atoms with Crippen LogP contribution >= 0.6 is 0 Å². The lowest BCUT2D eigenvalue weighted by Crippen LogP contribution is -2.49. The van der Waals surface area contributed by atoms with E-state index in [9.17, 15) is 14.4 Å². The van der Waals surface area contributed by atoms with Crippen molar-refractivity contribution < 1.29 is 23.9 Å². The van der Waals surface area contributed by atoms with Gasteiger partial charge in [-0.25, -0.2) is 4.79 Å². The van der Waals surface area contributed by atoms with Crippen molar-refractivity contribution in [3.63, 3.8) is 0 Å². The first-order valence-corrected chi connectivity index (χ1v) is 14.2. The van der Waals surface area contributed by atoms with Crippen LogP contribution in [0.5, 0.6) is 0 Å². The van der Waals surface area contributed by atoms with Crippen molar-refractivity contribution in [2.45, 2.75) is 45.6 Å². The van der Waals surface area contributed by atoms with Gasteiger partial charge in [0, 0.05) is 56.1 Å². The van der Waals surface area contributed by atoms with E-state index in [1.807, 2.05) is 25.1 Å². The smallest absolute Gasteiger partial charge is 0.414 e. The minimum atomic E-state index is -0.391. The molecule has 4 rings (SSSR count). The molecular formula is C31H41N5O5. The maximum absolute atomic E-state index is 12.8. The summed E-state index contributed by atoms with van der Waals surface area (Å²) in [5.41, 5.74) is 2.69. The maximum Gasteiger partial charge on any atom is 0.414 e. The lowest BCUT2D eigenvalue weighted by Gasteiger charge is -2.35. The molecule has 2 aromatic rings. The molecule has 0 radical (unpaired) electrons. The number of amidine groups is 1. The van der Waals surface area contributed by atoms with Gasteiger partial charge in [-0.15, -0.1) is 0 Å². The number of esters is 1. The summed E-state index contributed by atoms with van der Waals surface area (Å²) < 4.78 is 10.7. The highest BCUT2D eigenvalue weighted by Gasteiger charge is 2.34. The molecule has 2 fully saturated rings. The van der Waals surface area contributed by atoms with E-state index in [0.717, 1.165) is 31.7 Å². The average molecular weight is 564 g/mol. The predicted molar refractivity (Wildman–Crippen MR) is 158 cm³/mol. The van der Waals surface area contributed by atoms with Crippen LogP contribution in [0.25, 0.3) is 0 Å². The molecular weight excluding hydrogens is 522 g/mol. The highest BCUT2D eigenvalue weighted by atomic mass is 16.6. The van der Waals surface area contributed by atoms with Gasteiger partial charge in [0.05, 0.1) is 19.6 Å². The summed E-state index contributed by atoms with van der Waals surface area (Å²) in [5.74, 6) is -0.508. The molecule has 220 valence electrons. The maximum atomic E-state index is 12.8. The number of piperazine rings is 1. The van der Waals surface area contributed by atoms with Gasteiger partial charge in [0.25, 0.3) is 5.91 Å². The standard InChI is InChI=1S/C31H41N5O5/c1-5-40-27(37)13-14-34-15-17-35(18-16-34)20-26-21-36(30(39)41-26)25-11-9-22(10-12-25)28(32)33-29(38)23-7-6-8-24(19-23)31(2,3)4/h6-12,19,26H,5,13-18,20-21H2,1-4H3,(H2,32,33,38). The van der Waals surface area contributed by atoms with E-state index < -0.39 is 6.09 Å². The molecule has 2 heterocycles. The van der Waals surface area contributed by atoms with Crippen LogP contribution in [0, 0.1) is 5.41 Å². The molecule has 2 aromatic carbocycles. The largest absolute Gasteiger partial charge is 0.466 e. The number of ether oxygens (including phenoxy) is 2. The SMILES string of the molecule is CCOC(=O)CCN1CCN(CC2CN(c3ccc(C(=N)NC(=O)c4cccc(C(C)(C)C)c4)cc3)C(=O)O2)CC1. The molecule has 0 bridgehead atoms. The molecule has 41 heavy (non-hydrogen) atoms. The Kier molecular flexibility index (Phi) is 9.77. The molecule has 2 aliphatic heterocycles. The summed E-state index contributed by atoms with van der Waals surface area (Å²) in [6.45, 7) is 13.7. The van der Waals surface area contributed by atoms with Crippen LogP contribution in [0.2, 0.25) is 0 Å². The number of hydrogen-bond donors (Lipinski definition) is 2. The molecule has 10 nitrogen and oxygen atoms in total. The average Bonchev–Trinajstić information content (AvgIpc) is 3.32. The number of rotatable bonds is 9. The second-order valence-corrected chi connectivity index (χ2v) is 11.5. The van der Waals surface area contributed by atoms with Gasteiger partial charge in [-0.1, -0.05) is 32.9 Å². The molecule has 0 spiro atoms. The van der Waals surface area contributed by atoms with Gasteiger partial charge in [-0.2, -0.15) is 0 Å². The molecule has 2 saturated heterocycles. The Morgan fingerprint density at radius 2 is 1.71 bits per heavy atom. The Morgan fingerprint density at radius 1 is 1.02 bits per heavy atom. The summed E-state index contributed by atoms with van der Waals surface area (Å²) in [4.78, 5) is 43.2. The molecule has 10 heteroatoms. The summed E-state index contributed by atoms with van der Waals surface area (Å²) in [5, 5.41) is 11.1. The molecule has 2 aliphatic rings. The summed E-state index contributed by atoms with van der Waals surface area (Å²) in [6, 6.07) is 14.4. The molecule has 0 aromatic heterocycles. The Hall–Kier alpha value is -3.76. The summed E-state index contributed by atoms with van der Waals surface area (Å²) in [6.07, 6.45) is -0.230. The second kappa shape index (κ2) is 13.3. The predicted octanol–water partition coefficient (Wildman–Crippen LogP) is 3.64. The third kappa shape index (κ3) is 8.14. The van der Waals surface area contributed by atoms with E-state index in [1.54, 1.807) is 35.2 Å². The second-order valence-electron chi connectivity index (χ2n) is 11.5. The van der Waals surface area contributed by atoms with Gasteiger partial charge >= 0.3 is 12.1 Å². The van der Waals surface area contributed by atoms with E-state index in [0.29, 0.717) is 49.5 Å². The Morgan fingerprint density at radius 3 is 2.37 bits per heavy atom. The van der Waals surface area contributed by atoms with E-state index in [2.05, 4.69) is 35.9 Å². The fourth-order valence-electron chi connectivity index (χ4n) is 4.99. The van der Waals surface area contributed by atoms with Crippen LogP contribution in [0.15, 0.2) is 48.5 Å². The van der Waals surface area contributed by atoms with Crippen LogP contribution in [-0.4, -0.2) is 92.1 Å². The highest BCUT2D eigenvalue weighted by molar-refractivity contribution is 6.11. The quantitative estimate of drug-likeness (QED) is 0.272. The van der Waals surface area contributed by atoms with E-state index in [1.165, 1.54) is 0 Å². The van der Waals surface area contributed by atoms with E-state index in [4.69, 9.17) is 14.9 Å². The number of carbonyl (C=O) groups is 3. The van der Waals surface area contributed by atoms with Crippen LogP contribution in [-0.2, 0) is 19.7 Å². The van der Waals surface area contributed by atoms with Gasteiger partial charge in [0.2, 0.25) is 0 Å². The number of benzene rings is 2. The van der Waals surface area contributed by atoms with Crippen LogP contribution in [0.1, 0.15) is 55.6 Å². The Balaban J connectivity index is 1.26. The van der Waals surface area contributed by atoms with Crippen molar-refractivity contribution in [3.8, 4) is 0 Å². The zero-order valence-electron chi connectivity index (χ0n) is 24.4. The lowest BCUT2D eigenvalue weighted by atomic mass is 9.86. The van der Waals surface area contributed by atoms with Crippen molar-refractivity contribution >= 4 is 29.5 Å². The minimum Gasteiger partial charge on any atom is -0.466 e. The van der Waals surface area contributed by atoms with Crippen LogP contribution in [0.4, 0.5) is 10.5 Å². The van der Waals surface area contributed by atoms with Gasteiger partial charge < -0.3 is 19.7 Å². The summed E-state index contributed by atoms with van der Waals surface area (Å²) >= 11 is 0. The minimum absolute atomic E-state index is 0.00835. The van der Waals surface area contributed by atoms with E-state index in [-0.39, 0.29) is 29.2 Å². The monoisotopic (exact) mass is 563 g/mol. The molecule has 1 atom stereocenters. The zero-order chi connectivity index (χ0) is 29.6. The van der Waals surface area contributed by atoms with E-state index >= 15 is 0 Å². The molecule has 2 N–H and O–H groups in total. The highest BCUT2D eigenvalue weighted by Crippen LogP contribution is 2.24. The number of hydrogen-bond acceptors (Lipinski definition) is 8. The number of carbonyl (C=O) groups excluding carboxylic acids is 3. The van der Waals surface area contributed by atoms with Crippen LogP contribution < -0.4 is 10.2 Å². The topological polar surface area (TPSA) is 115 Å². The molecule has 2 amide bonds. The number of nitrogens with one attached hydrogen (secondary N) is 2. The van der Waals surface area contributed by atoms with Gasteiger partial charge in [-0.05, 0) is 54.3 Å². The van der Waals surface area contributed by atoms with Gasteiger partial charge in [-0.3, -0.25) is 24.8 Å². The first-order chi connectivity index (χ1) is 19.5. The first-order valence-electron chi connectivity index (χ1n) is 14.2. The van der Waals surface area contributed by atoms with Gasteiger partial charge in [0.15, 0.2) is 0 Å². The van der Waals surface area contributed by atoms with Crippen molar-refractivity contribution in [1.29, 1.82) is 5.41 Å². The van der Waals surface area contributed by atoms with Crippen molar-refractivity contribution in [2.75, 3.05) is 57.3 Å².